The molecule has 3 N–H and O–H groups in total. The molecule has 0 aliphatic heterocycles. The molecule has 1 amide bonds. The van der Waals surface area contributed by atoms with Gasteiger partial charge in [-0.05, 0) is 30.9 Å². The topological polar surface area (TPSA) is 77.1 Å². The standard InChI is InChI=1S/C19H27N3O2S.ClH/c1-12(2)15-5-7-16(8-6-15)17(20)11-21-18(23)9-10-22-13(3)14(4)25-19(22)24;/h5-8,12,17H,9-11,20H2,1-4H3,(H,21,23);1H. The SMILES string of the molecule is Cc1sc(=O)n(CCC(=O)NCC(N)c2ccc(C(C)C)cc2)c1C.Cl. The van der Waals surface area contributed by atoms with Crippen molar-refractivity contribution in [3.8, 4) is 0 Å². The first-order valence-corrected chi connectivity index (χ1v) is 9.40. The molecule has 5 nitrogen and oxygen atoms in total. The third-order valence-corrected chi connectivity index (χ3v) is 5.48. The number of nitrogens with two attached hydrogens (primary N) is 1. The van der Waals surface area contributed by atoms with Crippen molar-refractivity contribution in [2.45, 2.75) is 52.6 Å². The summed E-state index contributed by atoms with van der Waals surface area (Å²) < 4.78 is 1.66. The third-order valence-electron chi connectivity index (χ3n) is 4.49. The Morgan fingerprint density at radius 2 is 1.77 bits per heavy atom. The summed E-state index contributed by atoms with van der Waals surface area (Å²) in [4.78, 5) is 24.9. The van der Waals surface area contributed by atoms with Crippen LogP contribution in [0.1, 0.15) is 53.9 Å². The zero-order valence-electron chi connectivity index (χ0n) is 15.7. The molecule has 26 heavy (non-hydrogen) atoms. The van der Waals surface area contributed by atoms with Crippen molar-refractivity contribution in [1.82, 2.24) is 9.88 Å². The average Bonchev–Trinajstić information content (AvgIpc) is 2.83. The molecule has 1 atom stereocenters. The lowest BCUT2D eigenvalue weighted by Gasteiger charge is -2.15. The Bertz CT molecular complexity index is 781. The van der Waals surface area contributed by atoms with Gasteiger partial charge in [-0.25, -0.2) is 0 Å². The zero-order chi connectivity index (χ0) is 18.6. The maximum absolute atomic E-state index is 12.0. The Morgan fingerprint density at radius 1 is 1.19 bits per heavy atom. The van der Waals surface area contributed by atoms with E-state index in [9.17, 15) is 9.59 Å². The predicted molar refractivity (Wildman–Crippen MR) is 110 cm³/mol. The first-order chi connectivity index (χ1) is 11.8. The lowest BCUT2D eigenvalue weighted by Crippen LogP contribution is -2.33. The molecule has 0 aliphatic rings. The quantitative estimate of drug-likeness (QED) is 0.752. The summed E-state index contributed by atoms with van der Waals surface area (Å²) in [5, 5.41) is 2.86. The van der Waals surface area contributed by atoms with Gasteiger partial charge in [0.2, 0.25) is 5.91 Å². The van der Waals surface area contributed by atoms with E-state index >= 15 is 0 Å². The maximum atomic E-state index is 12.0. The molecule has 2 rings (SSSR count). The summed E-state index contributed by atoms with van der Waals surface area (Å²) in [6, 6.07) is 7.95. The van der Waals surface area contributed by atoms with E-state index in [-0.39, 0.29) is 35.6 Å². The van der Waals surface area contributed by atoms with E-state index in [0.29, 0.717) is 19.0 Å². The van der Waals surface area contributed by atoms with Gasteiger partial charge in [0.25, 0.3) is 0 Å². The van der Waals surface area contributed by atoms with Gasteiger partial charge in [0, 0.05) is 36.1 Å². The molecule has 2 aromatic rings. The van der Waals surface area contributed by atoms with E-state index in [2.05, 4.69) is 31.3 Å². The molecule has 144 valence electrons. The van der Waals surface area contributed by atoms with Crippen molar-refractivity contribution >= 4 is 29.7 Å². The van der Waals surface area contributed by atoms with Gasteiger partial charge >= 0.3 is 4.87 Å². The second kappa shape index (κ2) is 9.90. The van der Waals surface area contributed by atoms with Gasteiger partial charge in [-0.1, -0.05) is 49.4 Å². The minimum Gasteiger partial charge on any atom is -0.354 e. The van der Waals surface area contributed by atoms with Gasteiger partial charge in [0.1, 0.15) is 0 Å². The van der Waals surface area contributed by atoms with E-state index in [1.54, 1.807) is 4.57 Å². The summed E-state index contributed by atoms with van der Waals surface area (Å²) in [6.07, 6.45) is 0.274. The van der Waals surface area contributed by atoms with Crippen molar-refractivity contribution in [1.29, 1.82) is 0 Å². The number of hydrogen-bond acceptors (Lipinski definition) is 4. The highest BCUT2D eigenvalue weighted by atomic mass is 35.5. The highest BCUT2D eigenvalue weighted by molar-refractivity contribution is 7.09. The van der Waals surface area contributed by atoms with Crippen molar-refractivity contribution in [2.75, 3.05) is 6.54 Å². The van der Waals surface area contributed by atoms with Gasteiger partial charge in [-0.15, -0.1) is 12.4 Å². The Labute approximate surface area is 165 Å². The molecule has 0 radical (unpaired) electrons. The predicted octanol–water partition coefficient (Wildman–Crippen LogP) is 3.28. The first-order valence-electron chi connectivity index (χ1n) is 8.58. The number of nitrogens with one attached hydrogen (secondary N) is 1. The number of carbonyl (C=O) groups excluding carboxylic acids is 1. The summed E-state index contributed by atoms with van der Waals surface area (Å²) in [7, 11) is 0. The minimum absolute atomic E-state index is 0. The second-order valence-corrected chi connectivity index (χ2v) is 7.81. The van der Waals surface area contributed by atoms with Crippen LogP contribution in [0, 0.1) is 13.8 Å². The van der Waals surface area contributed by atoms with Crippen LogP contribution in [0.15, 0.2) is 29.1 Å². The molecular formula is C19H28ClN3O2S. The van der Waals surface area contributed by atoms with Crippen LogP contribution >= 0.6 is 23.7 Å². The fraction of sp³-hybridized carbons (Fsp3) is 0.474. The van der Waals surface area contributed by atoms with Gasteiger partial charge in [-0.2, -0.15) is 0 Å². The smallest absolute Gasteiger partial charge is 0.307 e. The largest absolute Gasteiger partial charge is 0.354 e. The monoisotopic (exact) mass is 397 g/mol. The van der Waals surface area contributed by atoms with Gasteiger partial charge in [0.05, 0.1) is 0 Å². The van der Waals surface area contributed by atoms with E-state index in [0.717, 1.165) is 16.1 Å². The van der Waals surface area contributed by atoms with Crippen LogP contribution in [0.25, 0.3) is 0 Å². The van der Waals surface area contributed by atoms with Crippen molar-refractivity contribution in [3.63, 3.8) is 0 Å². The number of benzene rings is 1. The Hall–Kier alpha value is -1.63. The average molecular weight is 398 g/mol. The van der Waals surface area contributed by atoms with E-state index in [1.807, 2.05) is 26.0 Å². The Balaban J connectivity index is 0.00000338. The zero-order valence-corrected chi connectivity index (χ0v) is 17.4. The highest BCUT2D eigenvalue weighted by Crippen LogP contribution is 2.17. The van der Waals surface area contributed by atoms with Crippen LogP contribution in [0.4, 0.5) is 0 Å². The summed E-state index contributed by atoms with van der Waals surface area (Å²) in [5.41, 5.74) is 9.37. The van der Waals surface area contributed by atoms with Crippen LogP contribution in [0.3, 0.4) is 0 Å². The first kappa shape index (κ1) is 22.4. The summed E-state index contributed by atoms with van der Waals surface area (Å²) in [5.74, 6) is 0.391. The molecule has 0 saturated carbocycles. The molecule has 1 aromatic carbocycles. The second-order valence-electron chi connectivity index (χ2n) is 6.64. The van der Waals surface area contributed by atoms with Crippen molar-refractivity contribution < 1.29 is 4.79 Å². The number of hydrogen-bond donors (Lipinski definition) is 2. The number of halogens is 1. The Kier molecular flexibility index (Phi) is 8.53. The van der Waals surface area contributed by atoms with Gasteiger partial charge < -0.3 is 15.6 Å². The molecule has 1 heterocycles. The van der Waals surface area contributed by atoms with Crippen LogP contribution in [0.5, 0.6) is 0 Å². The van der Waals surface area contributed by atoms with Crippen molar-refractivity contribution in [2.24, 2.45) is 5.73 Å². The minimum atomic E-state index is -0.238. The molecule has 0 spiro atoms. The van der Waals surface area contributed by atoms with Gasteiger partial charge in [-0.3, -0.25) is 9.59 Å². The number of aryl methyl sites for hydroxylation is 1. The molecule has 7 heteroatoms. The summed E-state index contributed by atoms with van der Waals surface area (Å²) in [6.45, 7) is 8.91. The fourth-order valence-corrected chi connectivity index (χ4v) is 3.48. The third kappa shape index (κ3) is 5.69. The molecular weight excluding hydrogens is 370 g/mol. The van der Waals surface area contributed by atoms with E-state index in [4.69, 9.17) is 5.73 Å². The van der Waals surface area contributed by atoms with E-state index < -0.39 is 0 Å². The van der Waals surface area contributed by atoms with Crippen LogP contribution in [-0.4, -0.2) is 17.0 Å². The lowest BCUT2D eigenvalue weighted by atomic mass is 9.99. The van der Waals surface area contributed by atoms with E-state index in [1.165, 1.54) is 16.9 Å². The van der Waals surface area contributed by atoms with Crippen molar-refractivity contribution in [3.05, 3.63) is 55.6 Å². The molecule has 1 aromatic heterocycles. The van der Waals surface area contributed by atoms with Crippen LogP contribution in [0.2, 0.25) is 0 Å². The Morgan fingerprint density at radius 3 is 2.27 bits per heavy atom. The molecule has 1 unspecified atom stereocenters. The molecule has 0 bridgehead atoms. The number of nitrogens with zero attached hydrogens (tertiary/aromatic N) is 1. The summed E-state index contributed by atoms with van der Waals surface area (Å²) >= 11 is 1.22. The highest BCUT2D eigenvalue weighted by Gasteiger charge is 2.11. The van der Waals surface area contributed by atoms with Gasteiger partial charge in [0.15, 0.2) is 0 Å². The maximum Gasteiger partial charge on any atom is 0.307 e. The number of aromatic nitrogens is 1. The molecule has 0 aliphatic carbocycles. The molecule has 0 fully saturated rings. The molecule has 0 saturated heterocycles. The van der Waals surface area contributed by atoms with Crippen LogP contribution in [-0.2, 0) is 11.3 Å². The normalized spacial score (nSPS) is 11.9. The number of rotatable bonds is 7. The lowest BCUT2D eigenvalue weighted by molar-refractivity contribution is -0.121. The van der Waals surface area contributed by atoms with Crippen LogP contribution < -0.4 is 15.9 Å². The number of thiazole rings is 1. The fourth-order valence-electron chi connectivity index (χ4n) is 2.62. The number of amides is 1. The number of carbonyl (C=O) groups is 1.